The van der Waals surface area contributed by atoms with E-state index >= 15 is 0 Å². The smallest absolute Gasteiger partial charge is 0.459 e. The first-order chi connectivity index (χ1) is 14.3. The van der Waals surface area contributed by atoms with Crippen molar-refractivity contribution in [3.8, 4) is 11.7 Å². The van der Waals surface area contributed by atoms with E-state index in [1.54, 1.807) is 0 Å². The molecule has 170 valence electrons. The van der Waals surface area contributed by atoms with Gasteiger partial charge in [0.2, 0.25) is 0 Å². The van der Waals surface area contributed by atoms with E-state index < -0.39 is 57.4 Å². The number of carbonyl (C=O) groups is 1. The molecule has 0 saturated carbocycles. The lowest BCUT2D eigenvalue weighted by Gasteiger charge is -2.20. The maximum Gasteiger partial charge on any atom is 0.459 e. The lowest BCUT2D eigenvalue weighted by Crippen LogP contribution is -2.37. The van der Waals surface area contributed by atoms with Crippen molar-refractivity contribution >= 4 is 17.6 Å². The van der Waals surface area contributed by atoms with E-state index in [2.05, 4.69) is 9.72 Å². The Bertz CT molecular complexity index is 1040. The molecule has 1 heterocycles. The Morgan fingerprint density at radius 2 is 1.77 bits per heavy atom. The highest BCUT2D eigenvalue weighted by Gasteiger charge is 2.60. The molecule has 0 aliphatic heterocycles. The van der Waals surface area contributed by atoms with Crippen LogP contribution in [0.5, 0.6) is 6.01 Å². The molecule has 2 rings (SSSR count). The number of esters is 1. The van der Waals surface area contributed by atoms with E-state index in [0.29, 0.717) is 6.07 Å². The summed E-state index contributed by atoms with van der Waals surface area (Å²) < 4.78 is 93.9. The zero-order chi connectivity index (χ0) is 23.6. The predicted molar refractivity (Wildman–Crippen MR) is 93.5 cm³/mol. The SMILES string of the molecule is COCCOC(=O)c1cc(-n2c(OC)nc(C(F)(F)C(F)(F)F)cc2=O)c(F)cc1Cl. The van der Waals surface area contributed by atoms with E-state index in [4.69, 9.17) is 21.1 Å². The summed E-state index contributed by atoms with van der Waals surface area (Å²) in [5.74, 6) is -7.74. The van der Waals surface area contributed by atoms with Gasteiger partial charge in [-0.1, -0.05) is 11.6 Å². The van der Waals surface area contributed by atoms with E-state index in [1.807, 2.05) is 0 Å². The van der Waals surface area contributed by atoms with Crippen LogP contribution in [-0.4, -0.2) is 49.1 Å². The molecule has 0 saturated heterocycles. The van der Waals surface area contributed by atoms with Crippen LogP contribution >= 0.6 is 11.6 Å². The fourth-order valence-electron chi connectivity index (χ4n) is 2.29. The largest absolute Gasteiger partial charge is 0.468 e. The Labute approximate surface area is 175 Å². The molecule has 0 aliphatic rings. The summed E-state index contributed by atoms with van der Waals surface area (Å²) in [6.45, 7) is -0.159. The maximum absolute atomic E-state index is 14.5. The molecular formula is C17H13ClF6N2O5. The van der Waals surface area contributed by atoms with Crippen molar-refractivity contribution < 1.29 is 45.3 Å². The predicted octanol–water partition coefficient (Wildman–Crippen LogP) is 3.49. The number of hydrogen-bond acceptors (Lipinski definition) is 6. The molecule has 0 radical (unpaired) electrons. The van der Waals surface area contributed by atoms with Crippen LogP contribution in [0.2, 0.25) is 5.02 Å². The molecule has 0 bridgehead atoms. The monoisotopic (exact) mass is 474 g/mol. The average Bonchev–Trinajstić information content (AvgIpc) is 2.67. The van der Waals surface area contributed by atoms with Crippen molar-refractivity contribution in [2.75, 3.05) is 27.4 Å². The van der Waals surface area contributed by atoms with Crippen LogP contribution in [0.15, 0.2) is 23.0 Å². The molecule has 14 heteroatoms. The summed E-state index contributed by atoms with van der Waals surface area (Å²) in [5.41, 5.74) is -4.66. The summed E-state index contributed by atoms with van der Waals surface area (Å²) >= 11 is 5.81. The molecule has 1 aromatic heterocycles. The van der Waals surface area contributed by atoms with Gasteiger partial charge in [-0.2, -0.15) is 26.9 Å². The molecule has 0 aliphatic carbocycles. The molecule has 7 nitrogen and oxygen atoms in total. The number of nitrogens with zero attached hydrogens (tertiary/aromatic N) is 2. The third-order valence-corrected chi connectivity index (χ3v) is 4.08. The van der Waals surface area contributed by atoms with Crippen molar-refractivity contribution in [1.29, 1.82) is 0 Å². The standard InChI is InChI=1S/C17H13ClF6N2O5/c1-29-3-4-31-14(28)8-5-11(10(19)6-9(8)18)26-13(27)7-12(25-15(26)30-2)16(20,21)17(22,23)24/h5-7H,3-4H2,1-2H3. The first-order valence-electron chi connectivity index (χ1n) is 8.13. The molecule has 0 atom stereocenters. The first-order valence-corrected chi connectivity index (χ1v) is 8.51. The van der Waals surface area contributed by atoms with E-state index in [-0.39, 0.29) is 23.8 Å². The number of carbonyl (C=O) groups excluding carboxylic acids is 1. The Hall–Kier alpha value is -2.80. The van der Waals surface area contributed by atoms with Gasteiger partial charge in [0.25, 0.3) is 5.56 Å². The van der Waals surface area contributed by atoms with Crippen LogP contribution in [0.4, 0.5) is 26.3 Å². The summed E-state index contributed by atoms with van der Waals surface area (Å²) in [6.07, 6.45) is -6.05. The van der Waals surface area contributed by atoms with Gasteiger partial charge in [-0.05, 0) is 12.1 Å². The van der Waals surface area contributed by atoms with Gasteiger partial charge in [0.15, 0.2) is 0 Å². The van der Waals surface area contributed by atoms with Crippen LogP contribution < -0.4 is 10.3 Å². The minimum atomic E-state index is -6.05. The van der Waals surface area contributed by atoms with Crippen LogP contribution in [0.3, 0.4) is 0 Å². The van der Waals surface area contributed by atoms with Crippen molar-refractivity contribution in [2.24, 2.45) is 0 Å². The zero-order valence-corrected chi connectivity index (χ0v) is 16.5. The highest BCUT2D eigenvalue weighted by Crippen LogP contribution is 2.43. The second-order valence-corrected chi connectivity index (χ2v) is 6.19. The maximum atomic E-state index is 14.5. The number of alkyl halides is 5. The first kappa shape index (κ1) is 24.5. The highest BCUT2D eigenvalue weighted by molar-refractivity contribution is 6.33. The second kappa shape index (κ2) is 9.14. The fourth-order valence-corrected chi connectivity index (χ4v) is 2.51. The van der Waals surface area contributed by atoms with Crippen LogP contribution in [0, 0.1) is 5.82 Å². The molecule has 31 heavy (non-hydrogen) atoms. The highest BCUT2D eigenvalue weighted by atomic mass is 35.5. The third-order valence-electron chi connectivity index (χ3n) is 3.77. The van der Waals surface area contributed by atoms with E-state index in [0.717, 1.165) is 13.2 Å². The summed E-state index contributed by atoms with van der Waals surface area (Å²) in [6, 6.07) is 0.139. The molecule has 0 N–H and O–H groups in total. The molecule has 2 aromatic rings. The average molecular weight is 475 g/mol. The number of rotatable bonds is 7. The molecule has 0 amide bonds. The second-order valence-electron chi connectivity index (χ2n) is 5.79. The number of ether oxygens (including phenoxy) is 3. The topological polar surface area (TPSA) is 79.7 Å². The fraction of sp³-hybridized carbons (Fsp3) is 0.353. The Kier molecular flexibility index (Phi) is 7.21. The lowest BCUT2D eigenvalue weighted by molar-refractivity contribution is -0.291. The summed E-state index contributed by atoms with van der Waals surface area (Å²) in [5, 5.41) is -0.413. The number of aromatic nitrogens is 2. The lowest BCUT2D eigenvalue weighted by atomic mass is 10.1. The minimum absolute atomic E-state index is 0.0312. The quantitative estimate of drug-likeness (QED) is 0.347. The molecular weight excluding hydrogens is 462 g/mol. The Morgan fingerprint density at radius 1 is 1.13 bits per heavy atom. The van der Waals surface area contributed by atoms with E-state index in [1.165, 1.54) is 7.11 Å². The minimum Gasteiger partial charge on any atom is -0.468 e. The zero-order valence-electron chi connectivity index (χ0n) is 15.7. The van der Waals surface area contributed by atoms with Crippen LogP contribution in [0.25, 0.3) is 5.69 Å². The normalized spacial score (nSPS) is 12.0. The third kappa shape index (κ3) is 4.93. The van der Waals surface area contributed by atoms with Crippen LogP contribution in [0.1, 0.15) is 16.1 Å². The number of hydrogen-bond donors (Lipinski definition) is 0. The van der Waals surface area contributed by atoms with Gasteiger partial charge in [-0.3, -0.25) is 4.79 Å². The molecule has 0 unspecified atom stereocenters. The van der Waals surface area contributed by atoms with Crippen molar-refractivity contribution in [1.82, 2.24) is 9.55 Å². The summed E-state index contributed by atoms with van der Waals surface area (Å²) in [4.78, 5) is 27.5. The number of halogens is 7. The van der Waals surface area contributed by atoms with Gasteiger partial charge in [-0.25, -0.2) is 13.8 Å². The Morgan fingerprint density at radius 3 is 2.32 bits per heavy atom. The molecule has 0 fully saturated rings. The van der Waals surface area contributed by atoms with Gasteiger partial charge in [0.05, 0.1) is 30.0 Å². The van der Waals surface area contributed by atoms with Crippen molar-refractivity contribution in [3.63, 3.8) is 0 Å². The van der Waals surface area contributed by atoms with Crippen molar-refractivity contribution in [2.45, 2.75) is 12.1 Å². The summed E-state index contributed by atoms with van der Waals surface area (Å²) in [7, 11) is 2.15. The van der Waals surface area contributed by atoms with Crippen LogP contribution in [-0.2, 0) is 15.4 Å². The Balaban J connectivity index is 2.64. The van der Waals surface area contributed by atoms with Crippen molar-refractivity contribution in [3.05, 3.63) is 50.7 Å². The van der Waals surface area contributed by atoms with Gasteiger partial charge in [0, 0.05) is 13.2 Å². The number of methoxy groups -OCH3 is 2. The van der Waals surface area contributed by atoms with E-state index in [9.17, 15) is 35.9 Å². The number of benzene rings is 1. The van der Waals surface area contributed by atoms with Gasteiger partial charge >= 0.3 is 24.1 Å². The van der Waals surface area contributed by atoms with Gasteiger partial charge in [-0.15, -0.1) is 0 Å². The van der Waals surface area contributed by atoms with Gasteiger partial charge < -0.3 is 14.2 Å². The van der Waals surface area contributed by atoms with Gasteiger partial charge in [0.1, 0.15) is 18.1 Å². The molecule has 0 spiro atoms. The molecule has 1 aromatic carbocycles.